The van der Waals surface area contributed by atoms with Gasteiger partial charge in [0.2, 0.25) is 0 Å². The number of aryl methyl sites for hydroxylation is 1. The van der Waals surface area contributed by atoms with E-state index in [0.717, 1.165) is 0 Å². The molecule has 1 aliphatic heterocycles. The zero-order chi connectivity index (χ0) is 10.9. The number of dihydropyridines is 1. The number of nitrogens with zero attached hydrogens (tertiary/aromatic N) is 1. The molecule has 1 unspecified atom stereocenters. The van der Waals surface area contributed by atoms with E-state index in [1.54, 1.807) is 25.4 Å². The lowest BCUT2D eigenvalue weighted by atomic mass is 10.00. The second-order valence-corrected chi connectivity index (χ2v) is 3.62. The lowest BCUT2D eigenvalue weighted by Crippen LogP contribution is -2.57. The van der Waals surface area contributed by atoms with Gasteiger partial charge in [0.05, 0.1) is 6.20 Å². The van der Waals surface area contributed by atoms with Gasteiger partial charge in [-0.15, -0.1) is 0 Å². The van der Waals surface area contributed by atoms with Gasteiger partial charge in [-0.25, -0.2) is 4.98 Å². The largest absolute Gasteiger partial charge is 0.446 e. The zero-order valence-electron chi connectivity index (χ0n) is 8.53. The topological polar surface area (TPSA) is 90.1 Å². The SMILES string of the molecule is Cc1ncc(CC2(N)NC=CC=C2N)o1. The van der Waals surface area contributed by atoms with E-state index in [-0.39, 0.29) is 0 Å². The third-order valence-corrected chi connectivity index (χ3v) is 2.35. The summed E-state index contributed by atoms with van der Waals surface area (Å²) in [6.07, 6.45) is 7.49. The van der Waals surface area contributed by atoms with E-state index in [1.165, 1.54) is 0 Å². The molecule has 0 radical (unpaired) electrons. The summed E-state index contributed by atoms with van der Waals surface area (Å²) in [7, 11) is 0. The van der Waals surface area contributed by atoms with E-state index in [4.69, 9.17) is 15.9 Å². The van der Waals surface area contributed by atoms with Crippen LogP contribution < -0.4 is 16.8 Å². The summed E-state index contributed by atoms with van der Waals surface area (Å²) in [5.74, 6) is 1.34. The summed E-state index contributed by atoms with van der Waals surface area (Å²) in [5, 5.41) is 3.02. The number of hydrogen-bond donors (Lipinski definition) is 3. The Balaban J connectivity index is 2.18. The third kappa shape index (κ3) is 1.87. The molecule has 80 valence electrons. The van der Waals surface area contributed by atoms with E-state index in [2.05, 4.69) is 10.3 Å². The van der Waals surface area contributed by atoms with Gasteiger partial charge in [0.1, 0.15) is 11.4 Å². The normalized spacial score (nSPS) is 24.8. The highest BCUT2D eigenvalue weighted by molar-refractivity contribution is 5.27. The molecule has 0 saturated heterocycles. The van der Waals surface area contributed by atoms with Crippen LogP contribution >= 0.6 is 0 Å². The molecule has 1 aromatic heterocycles. The molecule has 0 fully saturated rings. The molecule has 0 aliphatic carbocycles. The van der Waals surface area contributed by atoms with E-state index < -0.39 is 5.66 Å². The standard InChI is InChI=1S/C10H14N4O/c1-7-13-6-8(15-7)5-10(12)9(11)3-2-4-14-10/h2-4,6,14H,5,11-12H2,1H3. The van der Waals surface area contributed by atoms with Crippen LogP contribution in [0.4, 0.5) is 0 Å². The Bertz CT molecular complexity index is 421. The average molecular weight is 206 g/mol. The molecule has 2 rings (SSSR count). The van der Waals surface area contributed by atoms with E-state index in [1.807, 2.05) is 6.08 Å². The number of oxazole rings is 1. The number of aromatic nitrogens is 1. The van der Waals surface area contributed by atoms with Crippen molar-refractivity contribution in [1.82, 2.24) is 10.3 Å². The van der Waals surface area contributed by atoms with Crippen LogP contribution in [-0.4, -0.2) is 10.6 Å². The van der Waals surface area contributed by atoms with Gasteiger partial charge in [0.25, 0.3) is 0 Å². The van der Waals surface area contributed by atoms with Crippen molar-refractivity contribution in [3.63, 3.8) is 0 Å². The van der Waals surface area contributed by atoms with Gasteiger partial charge in [-0.05, 0) is 18.4 Å². The number of hydrogen-bond acceptors (Lipinski definition) is 5. The average Bonchev–Trinajstić information content (AvgIpc) is 2.57. The van der Waals surface area contributed by atoms with Crippen LogP contribution in [-0.2, 0) is 6.42 Å². The summed E-state index contributed by atoms with van der Waals surface area (Å²) in [6, 6.07) is 0. The Morgan fingerprint density at radius 1 is 1.60 bits per heavy atom. The van der Waals surface area contributed by atoms with Crippen LogP contribution in [0.15, 0.2) is 34.7 Å². The van der Waals surface area contributed by atoms with Gasteiger partial charge in [0, 0.05) is 19.0 Å². The summed E-state index contributed by atoms with van der Waals surface area (Å²) in [5.41, 5.74) is 11.7. The first kappa shape index (κ1) is 9.79. The van der Waals surface area contributed by atoms with Crippen molar-refractivity contribution < 1.29 is 4.42 Å². The maximum atomic E-state index is 6.10. The summed E-state index contributed by atoms with van der Waals surface area (Å²) in [6.45, 7) is 1.79. The van der Waals surface area contributed by atoms with E-state index in [9.17, 15) is 0 Å². The monoisotopic (exact) mass is 206 g/mol. The minimum absolute atomic E-state index is 0.473. The van der Waals surface area contributed by atoms with Crippen LogP contribution in [0.5, 0.6) is 0 Å². The highest BCUT2D eigenvalue weighted by atomic mass is 16.4. The molecule has 0 amide bonds. The number of nitrogens with one attached hydrogen (secondary N) is 1. The van der Waals surface area contributed by atoms with Crippen molar-refractivity contribution in [3.05, 3.63) is 41.9 Å². The Kier molecular flexibility index (Phi) is 2.24. The first-order valence-electron chi connectivity index (χ1n) is 4.71. The lowest BCUT2D eigenvalue weighted by molar-refractivity contribution is 0.377. The van der Waals surface area contributed by atoms with Crippen molar-refractivity contribution in [2.75, 3.05) is 0 Å². The second kappa shape index (κ2) is 3.43. The number of allylic oxidation sites excluding steroid dienone is 2. The maximum absolute atomic E-state index is 6.10. The fraction of sp³-hybridized carbons (Fsp3) is 0.300. The molecule has 2 heterocycles. The molecule has 5 heteroatoms. The number of rotatable bonds is 2. The summed E-state index contributed by atoms with van der Waals surface area (Å²) >= 11 is 0. The lowest BCUT2D eigenvalue weighted by Gasteiger charge is -2.31. The van der Waals surface area contributed by atoms with Crippen molar-refractivity contribution in [2.45, 2.75) is 19.0 Å². The maximum Gasteiger partial charge on any atom is 0.191 e. The Labute approximate surface area is 87.8 Å². The quantitative estimate of drug-likeness (QED) is 0.640. The zero-order valence-corrected chi connectivity index (χ0v) is 8.53. The minimum atomic E-state index is -0.777. The molecule has 0 saturated carbocycles. The minimum Gasteiger partial charge on any atom is -0.446 e. The first-order valence-corrected chi connectivity index (χ1v) is 4.71. The van der Waals surface area contributed by atoms with Gasteiger partial charge in [-0.2, -0.15) is 0 Å². The predicted octanol–water partition coefficient (Wildman–Crippen LogP) is 0.140. The van der Waals surface area contributed by atoms with Crippen LogP contribution in [0.3, 0.4) is 0 Å². The molecule has 0 bridgehead atoms. The van der Waals surface area contributed by atoms with Gasteiger partial charge >= 0.3 is 0 Å². The summed E-state index contributed by atoms with van der Waals surface area (Å²) in [4.78, 5) is 4.01. The van der Waals surface area contributed by atoms with E-state index >= 15 is 0 Å². The third-order valence-electron chi connectivity index (χ3n) is 2.35. The predicted molar refractivity (Wildman–Crippen MR) is 56.4 cm³/mol. The number of nitrogens with two attached hydrogens (primary N) is 2. The van der Waals surface area contributed by atoms with E-state index in [0.29, 0.717) is 23.8 Å². The molecular formula is C10H14N4O. The van der Waals surface area contributed by atoms with Crippen molar-refractivity contribution in [2.24, 2.45) is 11.5 Å². The molecule has 1 atom stereocenters. The van der Waals surface area contributed by atoms with Crippen molar-refractivity contribution >= 4 is 0 Å². The Morgan fingerprint density at radius 2 is 2.40 bits per heavy atom. The summed E-state index contributed by atoms with van der Waals surface area (Å²) < 4.78 is 5.36. The van der Waals surface area contributed by atoms with Crippen molar-refractivity contribution in [3.8, 4) is 0 Å². The van der Waals surface area contributed by atoms with Crippen LogP contribution in [0, 0.1) is 6.92 Å². The second-order valence-electron chi connectivity index (χ2n) is 3.62. The molecule has 0 spiro atoms. The molecule has 0 aromatic carbocycles. The fourth-order valence-electron chi connectivity index (χ4n) is 1.50. The molecule has 5 N–H and O–H groups in total. The molecule has 1 aromatic rings. The van der Waals surface area contributed by atoms with Crippen molar-refractivity contribution in [1.29, 1.82) is 0 Å². The van der Waals surface area contributed by atoms with Gasteiger partial charge in [-0.1, -0.05) is 0 Å². The van der Waals surface area contributed by atoms with Gasteiger partial charge < -0.3 is 21.2 Å². The van der Waals surface area contributed by atoms with Crippen LogP contribution in [0.2, 0.25) is 0 Å². The molecule has 5 nitrogen and oxygen atoms in total. The van der Waals surface area contributed by atoms with Crippen LogP contribution in [0.1, 0.15) is 11.7 Å². The smallest absolute Gasteiger partial charge is 0.191 e. The molecule has 1 aliphatic rings. The Morgan fingerprint density at radius 3 is 3.00 bits per heavy atom. The van der Waals surface area contributed by atoms with Gasteiger partial charge in [-0.3, -0.25) is 0 Å². The fourth-order valence-corrected chi connectivity index (χ4v) is 1.50. The first-order chi connectivity index (χ1) is 7.10. The van der Waals surface area contributed by atoms with Gasteiger partial charge in [0.15, 0.2) is 5.89 Å². The highest BCUT2D eigenvalue weighted by Crippen LogP contribution is 2.17. The Hall–Kier alpha value is -1.75. The molecular weight excluding hydrogens is 192 g/mol. The van der Waals surface area contributed by atoms with Crippen LogP contribution in [0.25, 0.3) is 0 Å². The molecule has 15 heavy (non-hydrogen) atoms. The highest BCUT2D eigenvalue weighted by Gasteiger charge is 2.29.